The SMILES string of the molecule is COc1c(F)c(F)c2nccnc2c1F. The first-order valence-electron chi connectivity index (χ1n) is 3.98. The van der Waals surface area contributed by atoms with Crippen molar-refractivity contribution in [1.29, 1.82) is 0 Å². The molecular weight excluding hydrogens is 209 g/mol. The number of fused-ring (bicyclic) bond motifs is 1. The zero-order valence-electron chi connectivity index (χ0n) is 7.59. The number of halogens is 3. The van der Waals surface area contributed by atoms with Crippen LogP contribution in [-0.2, 0) is 0 Å². The normalized spacial score (nSPS) is 10.7. The van der Waals surface area contributed by atoms with E-state index in [9.17, 15) is 13.2 Å². The van der Waals surface area contributed by atoms with E-state index in [4.69, 9.17) is 0 Å². The van der Waals surface area contributed by atoms with E-state index in [-0.39, 0.29) is 5.52 Å². The van der Waals surface area contributed by atoms with E-state index in [1.807, 2.05) is 0 Å². The topological polar surface area (TPSA) is 35.0 Å². The van der Waals surface area contributed by atoms with Gasteiger partial charge in [0.1, 0.15) is 11.0 Å². The fourth-order valence-corrected chi connectivity index (χ4v) is 1.25. The van der Waals surface area contributed by atoms with Gasteiger partial charge in [-0.2, -0.15) is 4.39 Å². The number of ether oxygens (including phenoxy) is 1. The highest BCUT2D eigenvalue weighted by atomic mass is 19.2. The van der Waals surface area contributed by atoms with Crippen LogP contribution in [0.2, 0.25) is 0 Å². The standard InChI is InChI=1S/C9H5F3N2O/c1-15-9-5(11)4(10)7-8(6(9)12)14-3-2-13-7/h2-3H,1H3. The summed E-state index contributed by atoms with van der Waals surface area (Å²) in [7, 11) is 1.04. The minimum atomic E-state index is -1.40. The lowest BCUT2D eigenvalue weighted by Gasteiger charge is -2.06. The lowest BCUT2D eigenvalue weighted by Crippen LogP contribution is -2.00. The summed E-state index contributed by atoms with van der Waals surface area (Å²) in [6.45, 7) is 0. The molecule has 0 saturated carbocycles. The molecule has 0 unspecified atom stereocenters. The minimum Gasteiger partial charge on any atom is -0.491 e. The molecule has 0 radical (unpaired) electrons. The number of nitrogens with zero attached hydrogens (tertiary/aromatic N) is 2. The van der Waals surface area contributed by atoms with E-state index in [1.54, 1.807) is 0 Å². The highest BCUT2D eigenvalue weighted by molar-refractivity contribution is 5.77. The Labute approximate surface area is 82.5 Å². The number of hydrogen-bond acceptors (Lipinski definition) is 3. The molecule has 3 nitrogen and oxygen atoms in total. The van der Waals surface area contributed by atoms with Crippen molar-refractivity contribution in [2.75, 3.05) is 7.11 Å². The van der Waals surface area contributed by atoms with Gasteiger partial charge in [-0.05, 0) is 0 Å². The van der Waals surface area contributed by atoms with E-state index in [0.29, 0.717) is 0 Å². The minimum absolute atomic E-state index is 0.353. The second-order valence-corrected chi connectivity index (χ2v) is 2.73. The van der Waals surface area contributed by atoms with Crippen LogP contribution in [0.15, 0.2) is 12.4 Å². The fraction of sp³-hybridized carbons (Fsp3) is 0.111. The molecule has 2 rings (SSSR count). The van der Waals surface area contributed by atoms with E-state index in [1.165, 1.54) is 6.20 Å². The van der Waals surface area contributed by atoms with Crippen LogP contribution in [0, 0.1) is 17.5 Å². The Bertz CT molecular complexity index is 530. The average molecular weight is 214 g/mol. The molecule has 2 aromatic rings. The Hall–Kier alpha value is -1.85. The Balaban J connectivity index is 2.96. The molecule has 0 fully saturated rings. The quantitative estimate of drug-likeness (QED) is 0.681. The molecule has 0 atom stereocenters. The van der Waals surface area contributed by atoms with Gasteiger partial charge in [0.05, 0.1) is 7.11 Å². The van der Waals surface area contributed by atoms with Crippen molar-refractivity contribution in [2.24, 2.45) is 0 Å². The smallest absolute Gasteiger partial charge is 0.206 e. The molecule has 15 heavy (non-hydrogen) atoms. The van der Waals surface area contributed by atoms with E-state index < -0.39 is 28.7 Å². The lowest BCUT2D eigenvalue weighted by atomic mass is 10.2. The zero-order valence-corrected chi connectivity index (χ0v) is 7.59. The van der Waals surface area contributed by atoms with E-state index in [0.717, 1.165) is 13.3 Å². The van der Waals surface area contributed by atoms with Crippen LogP contribution in [0.1, 0.15) is 0 Å². The predicted octanol–water partition coefficient (Wildman–Crippen LogP) is 2.06. The molecule has 1 aromatic heterocycles. The average Bonchev–Trinajstić information content (AvgIpc) is 2.27. The van der Waals surface area contributed by atoms with Gasteiger partial charge in [0.25, 0.3) is 0 Å². The van der Waals surface area contributed by atoms with Gasteiger partial charge in [-0.25, -0.2) is 18.7 Å². The second kappa shape index (κ2) is 3.38. The molecule has 0 aliphatic rings. The summed E-state index contributed by atoms with van der Waals surface area (Å²) in [5.41, 5.74) is -0.804. The van der Waals surface area contributed by atoms with Gasteiger partial charge in [-0.3, -0.25) is 0 Å². The first-order valence-corrected chi connectivity index (χ1v) is 3.98. The number of benzene rings is 1. The molecule has 0 aliphatic heterocycles. The summed E-state index contributed by atoms with van der Waals surface area (Å²) in [5.74, 6) is -4.51. The van der Waals surface area contributed by atoms with Gasteiger partial charge in [0.15, 0.2) is 17.4 Å². The lowest BCUT2D eigenvalue weighted by molar-refractivity contribution is 0.350. The zero-order chi connectivity index (χ0) is 11.0. The Morgan fingerprint density at radius 1 is 0.933 bits per heavy atom. The highest BCUT2D eigenvalue weighted by Gasteiger charge is 2.22. The van der Waals surface area contributed by atoms with Crippen molar-refractivity contribution < 1.29 is 17.9 Å². The molecule has 78 valence electrons. The number of rotatable bonds is 1. The molecule has 0 spiro atoms. The summed E-state index contributed by atoms with van der Waals surface area (Å²) in [6.07, 6.45) is 2.33. The van der Waals surface area contributed by atoms with Crippen molar-refractivity contribution >= 4 is 11.0 Å². The molecule has 0 saturated heterocycles. The molecule has 6 heteroatoms. The van der Waals surface area contributed by atoms with Crippen LogP contribution < -0.4 is 4.74 Å². The molecule has 1 heterocycles. The number of aromatic nitrogens is 2. The molecule has 1 aromatic carbocycles. The second-order valence-electron chi connectivity index (χ2n) is 2.73. The van der Waals surface area contributed by atoms with Crippen LogP contribution in [0.5, 0.6) is 5.75 Å². The Morgan fingerprint density at radius 3 is 2.00 bits per heavy atom. The summed E-state index contributed by atoms with van der Waals surface area (Å²) in [6, 6.07) is 0. The summed E-state index contributed by atoms with van der Waals surface area (Å²) >= 11 is 0. The van der Waals surface area contributed by atoms with Crippen LogP contribution in [-0.4, -0.2) is 17.1 Å². The maximum atomic E-state index is 13.5. The first kappa shape index (κ1) is 9.70. The third-order valence-corrected chi connectivity index (χ3v) is 1.91. The van der Waals surface area contributed by atoms with Crippen molar-refractivity contribution in [2.45, 2.75) is 0 Å². The maximum Gasteiger partial charge on any atom is 0.206 e. The summed E-state index contributed by atoms with van der Waals surface area (Å²) in [5, 5.41) is 0. The first-order chi connectivity index (χ1) is 7.16. The monoisotopic (exact) mass is 214 g/mol. The van der Waals surface area contributed by atoms with E-state index in [2.05, 4.69) is 14.7 Å². The van der Waals surface area contributed by atoms with Gasteiger partial charge in [-0.1, -0.05) is 0 Å². The Morgan fingerprint density at radius 2 is 1.47 bits per heavy atom. The van der Waals surface area contributed by atoms with Crippen molar-refractivity contribution in [3.8, 4) is 5.75 Å². The predicted molar refractivity (Wildman–Crippen MR) is 46.0 cm³/mol. The molecular formula is C9H5F3N2O. The fourth-order valence-electron chi connectivity index (χ4n) is 1.25. The van der Waals surface area contributed by atoms with Crippen LogP contribution in [0.25, 0.3) is 11.0 Å². The van der Waals surface area contributed by atoms with E-state index >= 15 is 0 Å². The van der Waals surface area contributed by atoms with Gasteiger partial charge < -0.3 is 4.74 Å². The van der Waals surface area contributed by atoms with Crippen LogP contribution in [0.4, 0.5) is 13.2 Å². The van der Waals surface area contributed by atoms with Crippen molar-refractivity contribution in [3.05, 3.63) is 29.8 Å². The Kier molecular flexibility index (Phi) is 2.18. The van der Waals surface area contributed by atoms with Gasteiger partial charge in [0, 0.05) is 12.4 Å². The van der Waals surface area contributed by atoms with Crippen molar-refractivity contribution in [1.82, 2.24) is 9.97 Å². The third-order valence-electron chi connectivity index (χ3n) is 1.91. The van der Waals surface area contributed by atoms with Gasteiger partial charge in [0.2, 0.25) is 5.82 Å². The van der Waals surface area contributed by atoms with Crippen LogP contribution >= 0.6 is 0 Å². The molecule has 0 amide bonds. The number of hydrogen-bond donors (Lipinski definition) is 0. The molecule has 0 aliphatic carbocycles. The largest absolute Gasteiger partial charge is 0.491 e. The summed E-state index contributed by atoms with van der Waals surface area (Å²) in [4.78, 5) is 7.07. The maximum absolute atomic E-state index is 13.5. The highest BCUT2D eigenvalue weighted by Crippen LogP contribution is 2.29. The summed E-state index contributed by atoms with van der Waals surface area (Å²) < 4.78 is 44.4. The number of methoxy groups -OCH3 is 1. The van der Waals surface area contributed by atoms with Crippen molar-refractivity contribution in [3.63, 3.8) is 0 Å². The molecule has 0 bridgehead atoms. The third kappa shape index (κ3) is 1.29. The molecule has 0 N–H and O–H groups in total. The van der Waals surface area contributed by atoms with Gasteiger partial charge >= 0.3 is 0 Å². The van der Waals surface area contributed by atoms with Gasteiger partial charge in [-0.15, -0.1) is 0 Å². The van der Waals surface area contributed by atoms with Crippen LogP contribution in [0.3, 0.4) is 0 Å².